The van der Waals surface area contributed by atoms with Crippen LogP contribution in [0.4, 0.5) is 18.9 Å². The summed E-state index contributed by atoms with van der Waals surface area (Å²) in [5.41, 5.74) is 1.69. The highest BCUT2D eigenvalue weighted by atomic mass is 35.5. The third-order valence-electron chi connectivity index (χ3n) is 6.11. The molecule has 5 rings (SSSR count). The van der Waals surface area contributed by atoms with Gasteiger partial charge in [0, 0.05) is 45.3 Å². The van der Waals surface area contributed by atoms with E-state index in [0.717, 1.165) is 56.1 Å². The van der Waals surface area contributed by atoms with Gasteiger partial charge < -0.3 is 4.90 Å². The first-order chi connectivity index (χ1) is 14.9. The summed E-state index contributed by atoms with van der Waals surface area (Å²) in [6, 6.07) is 7.58. The lowest BCUT2D eigenvalue weighted by Crippen LogP contribution is -2.46. The third kappa shape index (κ3) is 4.36. The first-order valence-electron chi connectivity index (χ1n) is 10.5. The molecule has 5 nitrogen and oxygen atoms in total. The van der Waals surface area contributed by atoms with E-state index in [1.165, 1.54) is 25.0 Å². The summed E-state index contributed by atoms with van der Waals surface area (Å²) in [5.74, 6) is 1.67. The Bertz CT molecular complexity index is 1080. The Morgan fingerprint density at radius 1 is 1.03 bits per heavy atom. The number of rotatable bonds is 5. The number of fused-ring (bicyclic) bond motifs is 1. The van der Waals surface area contributed by atoms with Gasteiger partial charge in [0.1, 0.15) is 10.8 Å². The molecule has 0 atom stereocenters. The summed E-state index contributed by atoms with van der Waals surface area (Å²) in [7, 11) is 0. The van der Waals surface area contributed by atoms with Crippen LogP contribution in [0.3, 0.4) is 0 Å². The molecule has 0 bridgehead atoms. The maximum absolute atomic E-state index is 13.0. The lowest BCUT2D eigenvalue weighted by Gasteiger charge is -2.36. The van der Waals surface area contributed by atoms with Crippen molar-refractivity contribution in [3.8, 4) is 0 Å². The molecular weight excluding hydrogens is 427 g/mol. The molecule has 2 fully saturated rings. The highest BCUT2D eigenvalue weighted by Gasteiger charge is 2.30. The van der Waals surface area contributed by atoms with Crippen LogP contribution >= 0.6 is 11.6 Å². The van der Waals surface area contributed by atoms with E-state index in [0.29, 0.717) is 22.8 Å². The molecule has 0 amide bonds. The first kappa shape index (κ1) is 20.6. The number of alkyl halides is 3. The van der Waals surface area contributed by atoms with Crippen molar-refractivity contribution in [2.24, 2.45) is 5.92 Å². The van der Waals surface area contributed by atoms with Crippen molar-refractivity contribution < 1.29 is 13.2 Å². The van der Waals surface area contributed by atoms with Crippen molar-refractivity contribution in [1.29, 1.82) is 0 Å². The molecule has 2 aromatic heterocycles. The van der Waals surface area contributed by atoms with Crippen molar-refractivity contribution in [1.82, 2.24) is 19.5 Å². The molecule has 1 aliphatic carbocycles. The standard InChI is InChI=1S/C22H23ClF3N5/c23-20-18(6-7-31-19(13-15-4-5-15)27-28-21(20)31)30-10-8-29(9-11-30)14-16-2-1-3-17(12-16)22(24,25)26/h1-3,6-7,12,15H,4-5,8-11,13-14H2. The van der Waals surface area contributed by atoms with E-state index in [9.17, 15) is 13.2 Å². The minimum atomic E-state index is -4.32. The van der Waals surface area contributed by atoms with Gasteiger partial charge in [0.2, 0.25) is 0 Å². The molecule has 0 spiro atoms. The molecule has 1 aromatic carbocycles. The van der Waals surface area contributed by atoms with Gasteiger partial charge in [0.05, 0.1) is 11.3 Å². The molecular formula is C22H23ClF3N5. The van der Waals surface area contributed by atoms with Crippen LogP contribution in [-0.2, 0) is 19.1 Å². The maximum Gasteiger partial charge on any atom is 0.416 e. The first-order valence-corrected chi connectivity index (χ1v) is 10.9. The Hall–Kier alpha value is -2.32. The van der Waals surface area contributed by atoms with Crippen LogP contribution in [0.5, 0.6) is 0 Å². The summed E-state index contributed by atoms with van der Waals surface area (Å²) in [6.07, 6.45) is 1.12. The smallest absolute Gasteiger partial charge is 0.368 e. The highest BCUT2D eigenvalue weighted by molar-refractivity contribution is 6.36. The molecule has 3 aromatic rings. The number of hydrogen-bond acceptors (Lipinski definition) is 4. The van der Waals surface area contributed by atoms with Crippen molar-refractivity contribution in [2.75, 3.05) is 31.1 Å². The minimum Gasteiger partial charge on any atom is -0.368 e. The average molecular weight is 450 g/mol. The normalized spacial score (nSPS) is 18.1. The maximum atomic E-state index is 13.0. The quantitative estimate of drug-likeness (QED) is 0.567. The van der Waals surface area contributed by atoms with E-state index < -0.39 is 11.7 Å². The second-order valence-electron chi connectivity index (χ2n) is 8.43. The number of nitrogens with zero attached hydrogens (tertiary/aromatic N) is 5. The molecule has 0 radical (unpaired) electrons. The molecule has 3 heterocycles. The Labute approximate surface area is 183 Å². The second kappa shape index (κ2) is 7.98. The molecule has 1 aliphatic heterocycles. The highest BCUT2D eigenvalue weighted by Crippen LogP contribution is 2.34. The largest absolute Gasteiger partial charge is 0.416 e. The summed E-state index contributed by atoms with van der Waals surface area (Å²) < 4.78 is 40.9. The molecule has 31 heavy (non-hydrogen) atoms. The fourth-order valence-corrected chi connectivity index (χ4v) is 4.49. The monoisotopic (exact) mass is 449 g/mol. The van der Waals surface area contributed by atoms with Crippen molar-refractivity contribution in [3.63, 3.8) is 0 Å². The van der Waals surface area contributed by atoms with Crippen molar-refractivity contribution in [2.45, 2.75) is 32.0 Å². The predicted octanol–water partition coefficient (Wildman–Crippen LogP) is 4.68. The molecule has 9 heteroatoms. The SMILES string of the molecule is FC(F)(F)c1cccc(CN2CCN(c3ccn4c(CC5CC5)nnc4c3Cl)CC2)c1. The van der Waals surface area contributed by atoms with E-state index in [-0.39, 0.29) is 0 Å². The van der Waals surface area contributed by atoms with Crippen LogP contribution in [0.25, 0.3) is 5.65 Å². The van der Waals surface area contributed by atoms with Gasteiger partial charge in [0.15, 0.2) is 5.65 Å². The van der Waals surface area contributed by atoms with E-state index in [4.69, 9.17) is 11.6 Å². The Morgan fingerprint density at radius 3 is 2.52 bits per heavy atom. The number of anilines is 1. The van der Waals surface area contributed by atoms with Gasteiger partial charge in [-0.15, -0.1) is 10.2 Å². The van der Waals surface area contributed by atoms with Crippen molar-refractivity contribution in [3.05, 3.63) is 58.5 Å². The zero-order valence-electron chi connectivity index (χ0n) is 16.9. The van der Waals surface area contributed by atoms with Crippen LogP contribution in [-0.4, -0.2) is 45.7 Å². The van der Waals surface area contributed by atoms with Crippen molar-refractivity contribution >= 4 is 22.9 Å². The fraction of sp³-hybridized carbons (Fsp3) is 0.455. The van der Waals surface area contributed by atoms with Gasteiger partial charge in [0.25, 0.3) is 0 Å². The predicted molar refractivity (Wildman–Crippen MR) is 113 cm³/mol. The number of halogens is 4. The van der Waals surface area contributed by atoms with Gasteiger partial charge in [-0.2, -0.15) is 13.2 Å². The van der Waals surface area contributed by atoms with Gasteiger partial charge in [-0.1, -0.05) is 29.8 Å². The van der Waals surface area contributed by atoms with Gasteiger partial charge in [-0.05, 0) is 36.5 Å². The molecule has 1 saturated carbocycles. The number of hydrogen-bond donors (Lipinski definition) is 0. The fourth-order valence-electron chi connectivity index (χ4n) is 4.18. The lowest BCUT2D eigenvalue weighted by molar-refractivity contribution is -0.137. The van der Waals surface area contributed by atoms with Gasteiger partial charge in [-0.3, -0.25) is 9.30 Å². The van der Waals surface area contributed by atoms with E-state index in [1.807, 2.05) is 16.7 Å². The third-order valence-corrected chi connectivity index (χ3v) is 6.47. The van der Waals surface area contributed by atoms with E-state index in [1.54, 1.807) is 6.07 Å². The lowest BCUT2D eigenvalue weighted by atomic mass is 10.1. The molecule has 1 saturated heterocycles. The minimum absolute atomic E-state index is 0.499. The molecule has 164 valence electrons. The summed E-state index contributed by atoms with van der Waals surface area (Å²) in [5, 5.41) is 9.23. The Kier molecular flexibility index (Phi) is 5.30. The molecule has 2 aliphatic rings. The van der Waals surface area contributed by atoms with E-state index >= 15 is 0 Å². The molecule has 0 unspecified atom stereocenters. The number of piperazine rings is 1. The summed E-state index contributed by atoms with van der Waals surface area (Å²) in [4.78, 5) is 4.38. The van der Waals surface area contributed by atoms with Crippen LogP contribution in [0.15, 0.2) is 36.5 Å². The summed E-state index contributed by atoms with van der Waals surface area (Å²) >= 11 is 6.68. The number of pyridine rings is 1. The summed E-state index contributed by atoms with van der Waals surface area (Å²) in [6.45, 7) is 3.49. The van der Waals surface area contributed by atoms with Crippen LogP contribution in [0.2, 0.25) is 5.02 Å². The second-order valence-corrected chi connectivity index (χ2v) is 8.81. The Morgan fingerprint density at radius 2 is 1.81 bits per heavy atom. The van der Waals surface area contributed by atoms with E-state index in [2.05, 4.69) is 20.0 Å². The zero-order valence-corrected chi connectivity index (χ0v) is 17.7. The van der Waals surface area contributed by atoms with Crippen LogP contribution in [0.1, 0.15) is 29.8 Å². The van der Waals surface area contributed by atoms with Crippen LogP contribution in [0, 0.1) is 5.92 Å². The number of benzene rings is 1. The topological polar surface area (TPSA) is 36.7 Å². The zero-order chi connectivity index (χ0) is 21.6. The van der Waals surface area contributed by atoms with Gasteiger partial charge in [-0.25, -0.2) is 0 Å². The molecule has 0 N–H and O–H groups in total. The number of aromatic nitrogens is 3. The van der Waals surface area contributed by atoms with Crippen LogP contribution < -0.4 is 4.90 Å². The average Bonchev–Trinajstić information content (AvgIpc) is 3.47. The Balaban J connectivity index is 1.25. The van der Waals surface area contributed by atoms with Gasteiger partial charge >= 0.3 is 6.18 Å².